The van der Waals surface area contributed by atoms with Crippen LogP contribution < -0.4 is 22.9 Å². The molecule has 0 fully saturated rings. The first-order valence-corrected chi connectivity index (χ1v) is 3.14. The predicted octanol–water partition coefficient (Wildman–Crippen LogP) is -2.67. The summed E-state index contributed by atoms with van der Waals surface area (Å²) >= 11 is 0. The van der Waals surface area contributed by atoms with Gasteiger partial charge in [0.05, 0.1) is 0 Å². The molecule has 0 radical (unpaired) electrons. The average Bonchev–Trinajstić information content (AvgIpc) is 1.60. The highest BCUT2D eigenvalue weighted by Gasteiger charge is 1.52. The largest absolute Gasteiger partial charge is 0.370 e. The van der Waals surface area contributed by atoms with Gasteiger partial charge in [-0.3, -0.25) is 15.4 Å². The molecule has 0 aliphatic rings. The lowest BCUT2D eigenvalue weighted by molar-refractivity contribution is 0.524. The van der Waals surface area contributed by atoms with Crippen LogP contribution in [0.5, 0.6) is 0 Å². The van der Waals surface area contributed by atoms with Gasteiger partial charge in [-0.2, -0.15) is 0 Å². The summed E-state index contributed by atoms with van der Waals surface area (Å²) in [4.78, 5) is 7.10. The van der Waals surface area contributed by atoms with Gasteiger partial charge < -0.3 is 27.8 Å². The van der Waals surface area contributed by atoms with Crippen molar-refractivity contribution in [2.75, 3.05) is 0 Å². The lowest BCUT2D eigenvalue weighted by atomic mass is 11.1. The molecular formula is C2H13N6O2P. The Morgan fingerprint density at radius 3 is 1.09 bits per heavy atom. The highest BCUT2D eigenvalue weighted by Crippen LogP contribution is 1.66. The smallest absolute Gasteiger partial charge is 0.183 e. The van der Waals surface area contributed by atoms with Crippen molar-refractivity contribution in [3.8, 4) is 0 Å². The van der Waals surface area contributed by atoms with Crippen LogP contribution >= 0.6 is 8.69 Å². The molecule has 0 saturated heterocycles. The Hall–Kier alpha value is -1.27. The van der Waals surface area contributed by atoms with Gasteiger partial charge in [0, 0.05) is 0 Å². The summed E-state index contributed by atoms with van der Waals surface area (Å²) in [5.74, 6) is -0.667. The molecule has 0 aromatic carbocycles. The van der Waals surface area contributed by atoms with Crippen molar-refractivity contribution < 1.29 is 9.46 Å². The monoisotopic (exact) mass is 184 g/mol. The number of hydrogen-bond acceptors (Lipinski definition) is 3. The Labute approximate surface area is 64.8 Å². The first kappa shape index (κ1) is 16.4. The second-order valence-corrected chi connectivity index (χ2v) is 1.23. The molecule has 0 spiro atoms. The fourth-order valence-electron chi connectivity index (χ4n) is 0. The minimum absolute atomic E-state index is 0.333. The molecule has 0 heterocycles. The van der Waals surface area contributed by atoms with E-state index in [1.165, 1.54) is 0 Å². The van der Waals surface area contributed by atoms with Gasteiger partial charge in [0.2, 0.25) is 0 Å². The number of hydrogen-bond donors (Lipinski definition) is 7. The second-order valence-electron chi connectivity index (χ2n) is 1.02. The maximum absolute atomic E-state index is 8.57. The van der Waals surface area contributed by atoms with E-state index in [-0.39, 0.29) is 11.9 Å². The first-order valence-electron chi connectivity index (χ1n) is 2.15. The second kappa shape index (κ2) is 15.9. The highest BCUT2D eigenvalue weighted by atomic mass is 31.1. The van der Waals surface area contributed by atoms with E-state index in [1.54, 1.807) is 0 Å². The third kappa shape index (κ3) is 245. The Morgan fingerprint density at radius 1 is 1.09 bits per heavy atom. The fraction of sp³-hybridized carbons (Fsp3) is 0. The number of guanidine groups is 2. The topological polar surface area (TPSA) is 189 Å². The minimum atomic E-state index is -1.50. The van der Waals surface area contributed by atoms with Crippen LogP contribution in [-0.2, 0) is 4.57 Å². The summed E-state index contributed by atoms with van der Waals surface area (Å²) in [7, 11) is -1.50. The minimum Gasteiger partial charge on any atom is -0.370 e. The molecule has 0 aliphatic heterocycles. The summed E-state index contributed by atoms with van der Waals surface area (Å²) in [6.45, 7) is 0. The van der Waals surface area contributed by atoms with Gasteiger partial charge in [-0.05, 0) is 0 Å². The maximum atomic E-state index is 8.57. The molecule has 0 aliphatic carbocycles. The van der Waals surface area contributed by atoms with Crippen LogP contribution in [0.1, 0.15) is 0 Å². The van der Waals surface area contributed by atoms with Crippen molar-refractivity contribution in [2.45, 2.75) is 0 Å². The van der Waals surface area contributed by atoms with Crippen LogP contribution in [0, 0.1) is 10.8 Å². The van der Waals surface area contributed by atoms with E-state index in [4.69, 9.17) is 20.3 Å². The zero-order valence-corrected chi connectivity index (χ0v) is 6.90. The summed E-state index contributed by atoms with van der Waals surface area (Å²) in [6.07, 6.45) is 0. The maximum Gasteiger partial charge on any atom is 0.183 e. The van der Waals surface area contributed by atoms with Crippen LogP contribution in [0.4, 0.5) is 0 Å². The van der Waals surface area contributed by atoms with Crippen molar-refractivity contribution in [3.05, 3.63) is 0 Å². The van der Waals surface area contributed by atoms with Crippen molar-refractivity contribution >= 4 is 20.6 Å². The molecule has 8 nitrogen and oxygen atoms in total. The van der Waals surface area contributed by atoms with Gasteiger partial charge in [-0.15, -0.1) is 0 Å². The molecule has 0 amide bonds. The molecule has 0 saturated carbocycles. The van der Waals surface area contributed by atoms with Crippen molar-refractivity contribution in [2.24, 2.45) is 22.9 Å². The molecule has 1 unspecified atom stereocenters. The van der Waals surface area contributed by atoms with E-state index in [1.807, 2.05) is 0 Å². The summed E-state index contributed by atoms with van der Waals surface area (Å²) < 4.78 is 8.57. The molecule has 0 rings (SSSR count). The van der Waals surface area contributed by atoms with E-state index in [0.717, 1.165) is 0 Å². The predicted molar refractivity (Wildman–Crippen MR) is 44.8 cm³/mol. The molecule has 0 bridgehead atoms. The van der Waals surface area contributed by atoms with Gasteiger partial charge in [0.15, 0.2) is 20.6 Å². The third-order valence-corrected chi connectivity index (χ3v) is 0. The zero-order chi connectivity index (χ0) is 9.86. The van der Waals surface area contributed by atoms with Crippen molar-refractivity contribution in [3.63, 3.8) is 0 Å². The number of nitrogens with two attached hydrogens (primary N) is 4. The van der Waals surface area contributed by atoms with Crippen LogP contribution in [-0.4, -0.2) is 16.8 Å². The molecule has 0 aromatic rings. The number of rotatable bonds is 0. The van der Waals surface area contributed by atoms with Crippen molar-refractivity contribution in [1.29, 1.82) is 10.8 Å². The van der Waals surface area contributed by atoms with E-state index in [9.17, 15) is 0 Å². The van der Waals surface area contributed by atoms with E-state index >= 15 is 0 Å². The van der Waals surface area contributed by atoms with Gasteiger partial charge in [0.1, 0.15) is 0 Å². The zero-order valence-electron chi connectivity index (χ0n) is 5.74. The van der Waals surface area contributed by atoms with Crippen LogP contribution in [0.2, 0.25) is 0 Å². The average molecular weight is 184 g/mol. The van der Waals surface area contributed by atoms with Gasteiger partial charge in [-0.1, -0.05) is 0 Å². The van der Waals surface area contributed by atoms with Gasteiger partial charge in [0.25, 0.3) is 0 Å². The summed E-state index contributed by atoms with van der Waals surface area (Å²) in [5, 5.41) is 12.1. The lowest BCUT2D eigenvalue weighted by Crippen LogP contribution is -2.20. The molecule has 68 valence electrons. The quantitative estimate of drug-likeness (QED) is 0.122. The molecule has 1 atom stereocenters. The van der Waals surface area contributed by atoms with E-state index in [0.29, 0.717) is 0 Å². The fourth-order valence-corrected chi connectivity index (χ4v) is 0. The normalized spacial score (nSPS) is 7.00. The molecule has 11 heavy (non-hydrogen) atoms. The molecular weight excluding hydrogens is 171 g/mol. The van der Waals surface area contributed by atoms with Crippen LogP contribution in [0.25, 0.3) is 0 Å². The standard InChI is InChI=1S/2CH5N3.H3O2P/c2*2-1(3)4;1-3-2/h2*(H5,2,3,4);3H2,(H,1,2). The molecule has 9 heteroatoms. The van der Waals surface area contributed by atoms with Crippen molar-refractivity contribution in [1.82, 2.24) is 0 Å². The van der Waals surface area contributed by atoms with Crippen LogP contribution in [0.3, 0.4) is 0 Å². The Kier molecular flexibility index (Phi) is 23.6. The Morgan fingerprint density at radius 2 is 1.09 bits per heavy atom. The summed E-state index contributed by atoms with van der Waals surface area (Å²) in [5.41, 5.74) is 17.9. The van der Waals surface area contributed by atoms with Crippen LogP contribution in [0.15, 0.2) is 0 Å². The van der Waals surface area contributed by atoms with E-state index < -0.39 is 8.69 Å². The lowest BCUT2D eigenvalue weighted by Gasteiger charge is -1.69. The first-order chi connectivity index (χ1) is 4.88. The molecule has 0 aromatic heterocycles. The van der Waals surface area contributed by atoms with Gasteiger partial charge >= 0.3 is 0 Å². The van der Waals surface area contributed by atoms with Gasteiger partial charge in [-0.25, -0.2) is 0 Å². The SMILES string of the molecule is N=C(N)N.N=C(N)N.O=[PH2]O. The Bertz CT molecular complexity index is 106. The Balaban J connectivity index is -0.0000000886. The third-order valence-electron chi connectivity index (χ3n) is 0. The summed E-state index contributed by atoms with van der Waals surface area (Å²) in [6, 6.07) is 0. The molecule has 11 N–H and O–H groups in total. The van der Waals surface area contributed by atoms with E-state index in [2.05, 4.69) is 22.9 Å². The number of nitrogens with one attached hydrogen (secondary N) is 2. The highest BCUT2D eigenvalue weighted by molar-refractivity contribution is 7.16.